The van der Waals surface area contributed by atoms with Crippen LogP contribution in [0.1, 0.15) is 0 Å². The molecule has 0 saturated heterocycles. The summed E-state index contributed by atoms with van der Waals surface area (Å²) in [5.41, 5.74) is 13.1. The van der Waals surface area contributed by atoms with E-state index in [4.69, 9.17) is 8.83 Å². The molecule has 0 radical (unpaired) electrons. The third-order valence-corrected chi connectivity index (χ3v) is 17.7. The Morgan fingerprint density at radius 2 is 0.685 bits per heavy atom. The Kier molecular flexibility index (Phi) is 7.97. The summed E-state index contributed by atoms with van der Waals surface area (Å²) in [6, 6.07) is 81.5. The second kappa shape index (κ2) is 14.7. The van der Waals surface area contributed by atoms with Crippen molar-refractivity contribution in [3.05, 3.63) is 224 Å². The number of benzene rings is 11. The molecule has 7 heteroatoms. The van der Waals surface area contributed by atoms with E-state index in [1.807, 2.05) is 22.7 Å². The zero-order valence-corrected chi connectivity index (χ0v) is 40.5. The Balaban J connectivity index is 1.08. The van der Waals surface area contributed by atoms with Gasteiger partial charge in [-0.05, 0) is 72.8 Å². The quantitative estimate of drug-likeness (QED) is 0.166. The Morgan fingerprint density at radius 3 is 1.16 bits per heavy atom. The number of nitrogens with zero attached hydrogens (tertiary/aromatic N) is 3. The number of para-hydroxylation sites is 5. The molecule has 0 aliphatic carbocycles. The smallest absolute Gasteiger partial charge is 0.160 e. The number of hydrogen-bond acceptors (Lipinski definition) is 6. The summed E-state index contributed by atoms with van der Waals surface area (Å²) >= 11 is 3.71. The van der Waals surface area contributed by atoms with E-state index >= 15 is 0 Å². The van der Waals surface area contributed by atoms with Crippen molar-refractivity contribution in [1.29, 1.82) is 0 Å². The lowest BCUT2D eigenvalue weighted by molar-refractivity contribution is 0.670. The maximum absolute atomic E-state index is 7.22. The first kappa shape index (κ1) is 39.6. The summed E-state index contributed by atoms with van der Waals surface area (Å²) in [6.07, 6.45) is 0. The third-order valence-electron chi connectivity index (χ3n) is 15.3. The molecular weight excluding hydrogens is 931 g/mol. The standard InChI is InChI=1S/C66H37N3O2S2/c1-3-18-38(19-4-1)67(50-30-16-26-44-42-24-9-13-34-56(42)72-65(44)50)52-36-48-40-22-7-11-32-54(40)70-63(48)61-58(52)46-28-15-29-47-59-53(37-49-41-23-8-12-33-55(41)71-64(49)62(59)69(61)60(46)47)68(39-20-5-2-6-21-39)51-31-17-27-45-43-25-10-14-35-57(43)73-66(45)51/h1-37H. The van der Waals surface area contributed by atoms with Crippen LogP contribution in [0.2, 0.25) is 0 Å². The van der Waals surface area contributed by atoms with Crippen molar-refractivity contribution in [3.8, 4) is 0 Å². The van der Waals surface area contributed by atoms with Gasteiger partial charge in [0.1, 0.15) is 22.2 Å². The largest absolute Gasteiger partial charge is 0.454 e. The monoisotopic (exact) mass is 967 g/mol. The lowest BCUT2D eigenvalue weighted by Gasteiger charge is -2.28. The summed E-state index contributed by atoms with van der Waals surface area (Å²) in [6.45, 7) is 0. The van der Waals surface area contributed by atoms with Gasteiger partial charge in [-0.1, -0.05) is 152 Å². The highest BCUT2D eigenvalue weighted by Crippen LogP contribution is 2.56. The van der Waals surface area contributed by atoms with Gasteiger partial charge in [0.25, 0.3) is 0 Å². The Bertz CT molecular complexity index is 4800. The van der Waals surface area contributed by atoms with Gasteiger partial charge >= 0.3 is 0 Å². The van der Waals surface area contributed by atoms with Gasteiger partial charge in [0.15, 0.2) is 11.2 Å². The molecule has 6 heterocycles. The normalized spacial score (nSPS) is 12.4. The second-order valence-electron chi connectivity index (χ2n) is 19.1. The predicted octanol–water partition coefficient (Wildman–Crippen LogP) is 20.3. The molecule has 0 unspecified atom stereocenters. The molecule has 0 spiro atoms. The molecule has 73 heavy (non-hydrogen) atoms. The molecule has 6 aromatic heterocycles. The molecule has 0 saturated carbocycles. The van der Waals surface area contributed by atoms with E-state index in [2.05, 4.69) is 239 Å². The number of fused-ring (bicyclic) bond motifs is 20. The first-order valence-corrected chi connectivity index (χ1v) is 26.3. The summed E-state index contributed by atoms with van der Waals surface area (Å²) in [5.74, 6) is 0. The zero-order chi connectivity index (χ0) is 47.5. The lowest BCUT2D eigenvalue weighted by Crippen LogP contribution is -2.11. The molecule has 5 nitrogen and oxygen atoms in total. The van der Waals surface area contributed by atoms with Gasteiger partial charge in [-0.15, -0.1) is 22.7 Å². The van der Waals surface area contributed by atoms with Crippen LogP contribution >= 0.6 is 22.7 Å². The molecule has 0 N–H and O–H groups in total. The van der Waals surface area contributed by atoms with Crippen LogP contribution < -0.4 is 9.80 Å². The minimum absolute atomic E-state index is 0.840. The molecule has 11 aromatic carbocycles. The highest BCUT2D eigenvalue weighted by molar-refractivity contribution is 7.26. The van der Waals surface area contributed by atoms with Gasteiger partial charge in [0.05, 0.1) is 37.7 Å². The van der Waals surface area contributed by atoms with Crippen LogP contribution in [0, 0.1) is 0 Å². The summed E-state index contributed by atoms with van der Waals surface area (Å²) in [5, 5.41) is 13.8. The maximum Gasteiger partial charge on any atom is 0.160 e. The van der Waals surface area contributed by atoms with E-state index in [0.29, 0.717) is 0 Å². The lowest BCUT2D eigenvalue weighted by atomic mass is 10.0. The molecular formula is C66H37N3O2S2. The van der Waals surface area contributed by atoms with Gasteiger partial charge in [-0.25, -0.2) is 0 Å². The molecule has 0 aliphatic rings. The molecule has 0 aliphatic heterocycles. The molecule has 0 bridgehead atoms. The van der Waals surface area contributed by atoms with E-state index in [1.54, 1.807) is 0 Å². The minimum Gasteiger partial charge on any atom is -0.454 e. The van der Waals surface area contributed by atoms with Crippen molar-refractivity contribution in [1.82, 2.24) is 4.40 Å². The van der Waals surface area contributed by atoms with E-state index in [1.165, 1.54) is 40.3 Å². The molecule has 0 atom stereocenters. The van der Waals surface area contributed by atoms with Crippen molar-refractivity contribution < 1.29 is 8.83 Å². The Labute approximate surface area is 424 Å². The first-order chi connectivity index (χ1) is 36.2. The van der Waals surface area contributed by atoms with Gasteiger partial charge < -0.3 is 23.0 Å². The molecule has 0 fully saturated rings. The highest BCUT2D eigenvalue weighted by Gasteiger charge is 2.32. The Hall–Kier alpha value is -9.14. The average Bonchev–Trinajstić information content (AvgIpc) is 4.34. The fourth-order valence-electron chi connectivity index (χ4n) is 12.3. The highest BCUT2D eigenvalue weighted by atomic mass is 32.1. The fraction of sp³-hybridized carbons (Fsp3) is 0. The van der Waals surface area contributed by atoms with Crippen molar-refractivity contribution in [3.63, 3.8) is 0 Å². The number of hydrogen-bond donors (Lipinski definition) is 0. The van der Waals surface area contributed by atoms with Crippen LogP contribution in [0.15, 0.2) is 233 Å². The molecule has 17 aromatic rings. The topological polar surface area (TPSA) is 37.2 Å². The minimum atomic E-state index is 0.840. The number of thiophene rings is 2. The third kappa shape index (κ3) is 5.34. The van der Waals surface area contributed by atoms with Crippen molar-refractivity contribution in [2.75, 3.05) is 9.80 Å². The SMILES string of the molecule is c1ccc(N(c2cccc3c2sc2ccccc23)c2cc3c4ccccc4oc3c3c2c2cccc4c5c(N(c6ccccc6)c6cccc7c6sc6ccccc67)cc6c7ccccc7oc6c5n3c24)cc1. The van der Waals surface area contributed by atoms with Crippen LogP contribution in [0.3, 0.4) is 0 Å². The van der Waals surface area contributed by atoms with Gasteiger partial charge in [-0.3, -0.25) is 0 Å². The Morgan fingerprint density at radius 1 is 0.301 bits per heavy atom. The number of anilines is 6. The van der Waals surface area contributed by atoms with E-state index < -0.39 is 0 Å². The van der Waals surface area contributed by atoms with E-state index in [9.17, 15) is 0 Å². The van der Waals surface area contributed by atoms with Crippen molar-refractivity contribution in [2.24, 2.45) is 0 Å². The van der Waals surface area contributed by atoms with Gasteiger partial charge in [0, 0.05) is 85.4 Å². The summed E-state index contributed by atoms with van der Waals surface area (Å²) in [7, 11) is 0. The van der Waals surface area contributed by atoms with Crippen molar-refractivity contribution >= 4 is 179 Å². The average molecular weight is 968 g/mol. The summed E-state index contributed by atoms with van der Waals surface area (Å²) < 4.78 is 22.0. The number of aromatic nitrogens is 1. The zero-order valence-electron chi connectivity index (χ0n) is 38.8. The molecule has 340 valence electrons. The van der Waals surface area contributed by atoms with Crippen LogP contribution in [0.25, 0.3) is 122 Å². The first-order valence-electron chi connectivity index (χ1n) is 24.7. The molecule has 0 amide bonds. The second-order valence-corrected chi connectivity index (χ2v) is 21.2. The van der Waals surface area contributed by atoms with Crippen LogP contribution in [-0.2, 0) is 0 Å². The summed E-state index contributed by atoms with van der Waals surface area (Å²) in [4.78, 5) is 4.99. The van der Waals surface area contributed by atoms with Gasteiger partial charge in [0.2, 0.25) is 0 Å². The molecule has 17 rings (SSSR count). The van der Waals surface area contributed by atoms with Crippen LogP contribution in [-0.4, -0.2) is 4.40 Å². The van der Waals surface area contributed by atoms with Crippen molar-refractivity contribution in [2.45, 2.75) is 0 Å². The van der Waals surface area contributed by atoms with E-state index in [-0.39, 0.29) is 0 Å². The predicted molar refractivity (Wildman–Crippen MR) is 311 cm³/mol. The number of furan rings is 2. The van der Waals surface area contributed by atoms with Gasteiger partial charge in [-0.2, -0.15) is 0 Å². The van der Waals surface area contributed by atoms with Crippen LogP contribution in [0.5, 0.6) is 0 Å². The fourth-order valence-corrected chi connectivity index (χ4v) is 14.7. The maximum atomic E-state index is 7.22. The number of rotatable bonds is 6. The van der Waals surface area contributed by atoms with Crippen LogP contribution in [0.4, 0.5) is 34.1 Å². The van der Waals surface area contributed by atoms with E-state index in [0.717, 1.165) is 116 Å².